The molecule has 2 heterocycles. The first-order chi connectivity index (χ1) is 12.1. The minimum atomic E-state index is -0.372. The van der Waals surface area contributed by atoms with Crippen LogP contribution in [-0.4, -0.2) is 29.8 Å². The van der Waals surface area contributed by atoms with Crippen molar-refractivity contribution in [2.45, 2.75) is 32.4 Å². The number of carbonyl (C=O) groups is 2. The summed E-state index contributed by atoms with van der Waals surface area (Å²) in [5.74, 6) is 0.553. The van der Waals surface area contributed by atoms with Crippen LogP contribution in [0.2, 0.25) is 0 Å². The molecule has 1 saturated heterocycles. The van der Waals surface area contributed by atoms with Crippen LogP contribution in [0.1, 0.15) is 24.3 Å². The van der Waals surface area contributed by atoms with E-state index < -0.39 is 0 Å². The number of amides is 3. The van der Waals surface area contributed by atoms with Gasteiger partial charge in [-0.2, -0.15) is 0 Å². The second-order valence-corrected chi connectivity index (χ2v) is 5.80. The highest BCUT2D eigenvalue weighted by Crippen LogP contribution is 2.17. The summed E-state index contributed by atoms with van der Waals surface area (Å²) in [5.41, 5.74) is 1.92. The Bertz CT molecular complexity index is 735. The van der Waals surface area contributed by atoms with Crippen LogP contribution >= 0.6 is 0 Å². The van der Waals surface area contributed by atoms with Gasteiger partial charge in [-0.25, -0.2) is 4.79 Å². The average molecular weight is 344 g/mol. The van der Waals surface area contributed by atoms with Gasteiger partial charge in [0.05, 0.1) is 6.54 Å². The molecule has 25 heavy (non-hydrogen) atoms. The van der Waals surface area contributed by atoms with Gasteiger partial charge in [-0.3, -0.25) is 4.79 Å². The molecule has 0 spiro atoms. The summed E-state index contributed by atoms with van der Waals surface area (Å²) in [6.45, 7) is 2.69. The minimum Gasteiger partial charge on any atom is -0.368 e. The van der Waals surface area contributed by atoms with Crippen LogP contribution < -0.4 is 16.0 Å². The van der Waals surface area contributed by atoms with Crippen LogP contribution in [0.25, 0.3) is 0 Å². The summed E-state index contributed by atoms with van der Waals surface area (Å²) < 4.78 is 10.3. The van der Waals surface area contributed by atoms with Crippen LogP contribution in [0.15, 0.2) is 34.9 Å². The summed E-state index contributed by atoms with van der Waals surface area (Å²) >= 11 is 0. The third-order valence-electron chi connectivity index (χ3n) is 3.74. The smallest absolute Gasteiger partial charge is 0.319 e. The zero-order valence-corrected chi connectivity index (χ0v) is 13.9. The molecule has 3 rings (SSSR count). The average Bonchev–Trinajstić information content (AvgIpc) is 3.26. The summed E-state index contributed by atoms with van der Waals surface area (Å²) in [5, 5.41) is 12.0. The van der Waals surface area contributed by atoms with E-state index in [4.69, 9.17) is 9.26 Å². The fourth-order valence-corrected chi connectivity index (χ4v) is 2.49. The van der Waals surface area contributed by atoms with E-state index >= 15 is 0 Å². The van der Waals surface area contributed by atoms with E-state index in [9.17, 15) is 9.59 Å². The van der Waals surface area contributed by atoms with Crippen molar-refractivity contribution < 1.29 is 18.8 Å². The maximum atomic E-state index is 12.0. The molecule has 0 radical (unpaired) electrons. The molecular formula is C17H20N4O4. The SMILES string of the molecule is Cc1cc(CNC(=O)Nc2ccc(NC(=O)C3CCCO3)cc2)no1. The zero-order valence-electron chi connectivity index (χ0n) is 13.9. The Morgan fingerprint density at radius 1 is 1.20 bits per heavy atom. The van der Waals surface area contributed by atoms with Crippen LogP contribution in [0, 0.1) is 6.92 Å². The first-order valence-corrected chi connectivity index (χ1v) is 8.10. The molecule has 1 aliphatic rings. The number of anilines is 2. The predicted octanol–water partition coefficient (Wildman–Crippen LogP) is 2.42. The van der Waals surface area contributed by atoms with Gasteiger partial charge in [-0.1, -0.05) is 5.16 Å². The van der Waals surface area contributed by atoms with Crippen molar-refractivity contribution >= 4 is 23.3 Å². The number of hydrogen-bond acceptors (Lipinski definition) is 5. The van der Waals surface area contributed by atoms with Crippen LogP contribution in [0.4, 0.5) is 16.2 Å². The Labute approximate surface area is 144 Å². The molecule has 1 aliphatic heterocycles. The normalized spacial score (nSPS) is 16.4. The van der Waals surface area contributed by atoms with E-state index in [1.807, 2.05) is 0 Å². The zero-order chi connectivity index (χ0) is 17.6. The number of aryl methyl sites for hydroxylation is 1. The molecule has 3 amide bonds. The first-order valence-electron chi connectivity index (χ1n) is 8.10. The number of carbonyl (C=O) groups excluding carboxylic acids is 2. The Kier molecular flexibility index (Phi) is 5.30. The fraction of sp³-hybridized carbons (Fsp3) is 0.353. The minimum absolute atomic E-state index is 0.140. The first kappa shape index (κ1) is 17.0. The monoisotopic (exact) mass is 344 g/mol. The number of nitrogens with zero attached hydrogens (tertiary/aromatic N) is 1. The maximum Gasteiger partial charge on any atom is 0.319 e. The lowest BCUT2D eigenvalue weighted by Crippen LogP contribution is -2.28. The number of rotatable bonds is 5. The third-order valence-corrected chi connectivity index (χ3v) is 3.74. The lowest BCUT2D eigenvalue weighted by Gasteiger charge is -2.11. The van der Waals surface area contributed by atoms with Crippen LogP contribution in [-0.2, 0) is 16.1 Å². The Balaban J connectivity index is 1.46. The molecule has 1 unspecified atom stereocenters. The molecular weight excluding hydrogens is 324 g/mol. The van der Waals surface area contributed by atoms with Gasteiger partial charge in [-0.05, 0) is 44.0 Å². The van der Waals surface area contributed by atoms with Crippen molar-refractivity contribution in [2.75, 3.05) is 17.2 Å². The van der Waals surface area contributed by atoms with Crippen LogP contribution in [0.5, 0.6) is 0 Å². The molecule has 1 atom stereocenters. The summed E-state index contributed by atoms with van der Waals surface area (Å²) in [6.07, 6.45) is 1.28. The van der Waals surface area contributed by atoms with Crippen LogP contribution in [0.3, 0.4) is 0 Å². The van der Waals surface area contributed by atoms with E-state index in [1.54, 1.807) is 37.3 Å². The number of nitrogens with one attached hydrogen (secondary N) is 3. The van der Waals surface area contributed by atoms with Gasteiger partial charge < -0.3 is 25.2 Å². The lowest BCUT2D eigenvalue weighted by atomic mass is 10.2. The second kappa shape index (κ2) is 7.80. The van der Waals surface area contributed by atoms with Crippen molar-refractivity contribution in [3.8, 4) is 0 Å². The standard InChI is InChI=1S/C17H20N4O4/c1-11-9-14(21-25-11)10-18-17(23)20-13-6-4-12(5-7-13)19-16(22)15-3-2-8-24-15/h4-7,9,15H,2-3,8,10H2,1H3,(H,19,22)(H2,18,20,23). The lowest BCUT2D eigenvalue weighted by molar-refractivity contribution is -0.124. The highest BCUT2D eigenvalue weighted by Gasteiger charge is 2.23. The van der Waals surface area contributed by atoms with Crippen molar-refractivity contribution in [2.24, 2.45) is 0 Å². The molecule has 132 valence electrons. The van der Waals surface area contributed by atoms with Crippen molar-refractivity contribution in [1.82, 2.24) is 10.5 Å². The molecule has 8 nitrogen and oxygen atoms in total. The predicted molar refractivity (Wildman–Crippen MR) is 91.1 cm³/mol. The van der Waals surface area contributed by atoms with Crippen molar-refractivity contribution in [3.05, 3.63) is 41.8 Å². The second-order valence-electron chi connectivity index (χ2n) is 5.80. The van der Waals surface area contributed by atoms with Crippen molar-refractivity contribution in [3.63, 3.8) is 0 Å². The maximum absolute atomic E-state index is 12.0. The van der Waals surface area contributed by atoms with Gasteiger partial charge in [0.25, 0.3) is 5.91 Å². The summed E-state index contributed by atoms with van der Waals surface area (Å²) in [4.78, 5) is 23.8. The Morgan fingerprint density at radius 2 is 1.92 bits per heavy atom. The molecule has 2 aromatic rings. The molecule has 0 saturated carbocycles. The van der Waals surface area contributed by atoms with Crippen molar-refractivity contribution in [1.29, 1.82) is 0 Å². The van der Waals surface area contributed by atoms with Gasteiger partial charge in [0.2, 0.25) is 0 Å². The summed E-state index contributed by atoms with van der Waals surface area (Å²) in [6, 6.07) is 8.28. The van der Waals surface area contributed by atoms with E-state index in [-0.39, 0.29) is 24.6 Å². The molecule has 1 aromatic carbocycles. The van der Waals surface area contributed by atoms with Gasteiger partial charge in [0.1, 0.15) is 17.6 Å². The van der Waals surface area contributed by atoms with Gasteiger partial charge in [0.15, 0.2) is 0 Å². The molecule has 3 N–H and O–H groups in total. The number of benzene rings is 1. The molecule has 0 aliphatic carbocycles. The molecule has 1 aromatic heterocycles. The van der Waals surface area contributed by atoms with E-state index in [2.05, 4.69) is 21.1 Å². The van der Waals surface area contributed by atoms with E-state index in [0.717, 1.165) is 12.8 Å². The number of hydrogen-bond donors (Lipinski definition) is 3. The highest BCUT2D eigenvalue weighted by atomic mass is 16.5. The Morgan fingerprint density at radius 3 is 2.52 bits per heavy atom. The van der Waals surface area contributed by atoms with E-state index in [0.29, 0.717) is 29.4 Å². The Hall–Kier alpha value is -2.87. The third kappa shape index (κ3) is 4.80. The summed E-state index contributed by atoms with van der Waals surface area (Å²) in [7, 11) is 0. The number of ether oxygens (including phenoxy) is 1. The number of urea groups is 1. The van der Waals surface area contributed by atoms with Gasteiger partial charge in [0, 0.05) is 24.0 Å². The molecule has 8 heteroatoms. The number of aromatic nitrogens is 1. The quantitative estimate of drug-likeness (QED) is 0.772. The fourth-order valence-electron chi connectivity index (χ4n) is 2.49. The topological polar surface area (TPSA) is 105 Å². The largest absolute Gasteiger partial charge is 0.368 e. The van der Waals surface area contributed by atoms with Gasteiger partial charge in [-0.15, -0.1) is 0 Å². The van der Waals surface area contributed by atoms with Gasteiger partial charge >= 0.3 is 6.03 Å². The highest BCUT2D eigenvalue weighted by molar-refractivity contribution is 5.95. The molecule has 1 fully saturated rings. The molecule has 0 bridgehead atoms. The van der Waals surface area contributed by atoms with E-state index in [1.165, 1.54) is 0 Å².